The number of aliphatic hydroxyl groups excluding tert-OH is 1. The Bertz CT molecular complexity index is 592. The molecule has 0 saturated heterocycles. The van der Waals surface area contributed by atoms with Crippen LogP contribution in [0.5, 0.6) is 0 Å². The first-order valence-corrected chi connectivity index (χ1v) is 7.94. The molecule has 0 bridgehead atoms. The summed E-state index contributed by atoms with van der Waals surface area (Å²) in [5, 5.41) is 10.8. The van der Waals surface area contributed by atoms with Crippen LogP contribution in [-0.4, -0.2) is 11.2 Å². The van der Waals surface area contributed by atoms with E-state index in [1.807, 2.05) is 60.7 Å². The topological polar surface area (TPSA) is 29.5 Å². The average molecular weight is 294 g/mol. The summed E-state index contributed by atoms with van der Waals surface area (Å²) in [6, 6.07) is 19.7. The molecular formula is C20H22O2. The maximum absolute atomic E-state index is 10.8. The number of allylic oxidation sites excluding steroid dienone is 1. The molecule has 3 rings (SSSR count). The van der Waals surface area contributed by atoms with E-state index in [4.69, 9.17) is 4.74 Å². The van der Waals surface area contributed by atoms with E-state index in [1.165, 1.54) is 0 Å². The van der Waals surface area contributed by atoms with E-state index < -0.39 is 6.10 Å². The Morgan fingerprint density at radius 1 is 0.909 bits per heavy atom. The summed E-state index contributed by atoms with van der Waals surface area (Å²) in [7, 11) is 0. The Hall–Kier alpha value is -1.90. The summed E-state index contributed by atoms with van der Waals surface area (Å²) in [6.45, 7) is 0. The van der Waals surface area contributed by atoms with Crippen molar-refractivity contribution in [2.24, 2.45) is 0 Å². The minimum Gasteiger partial charge on any atom is -0.385 e. The summed E-state index contributed by atoms with van der Waals surface area (Å²) in [5.41, 5.74) is 1.90. The highest BCUT2D eigenvalue weighted by atomic mass is 16.5. The SMILES string of the molecule is O[C@@H](c1ccccc1)[C@@H](O[C@H]1C=CCCC1)c1ccccc1. The second kappa shape index (κ2) is 7.39. The zero-order valence-electron chi connectivity index (χ0n) is 12.6. The maximum Gasteiger partial charge on any atom is 0.113 e. The van der Waals surface area contributed by atoms with Gasteiger partial charge in [0.25, 0.3) is 0 Å². The molecule has 114 valence electrons. The third kappa shape index (κ3) is 3.65. The van der Waals surface area contributed by atoms with Gasteiger partial charge in [-0.1, -0.05) is 72.8 Å². The molecule has 2 heteroatoms. The van der Waals surface area contributed by atoms with Crippen molar-refractivity contribution in [3.8, 4) is 0 Å². The smallest absolute Gasteiger partial charge is 0.113 e. The van der Waals surface area contributed by atoms with Crippen LogP contribution < -0.4 is 0 Å². The normalized spacial score (nSPS) is 20.5. The summed E-state index contributed by atoms with van der Waals surface area (Å²) in [6.07, 6.45) is 6.64. The zero-order valence-corrected chi connectivity index (χ0v) is 12.6. The summed E-state index contributed by atoms with van der Waals surface area (Å²) >= 11 is 0. The molecular weight excluding hydrogens is 272 g/mol. The average Bonchev–Trinajstić information content (AvgIpc) is 2.61. The van der Waals surface area contributed by atoms with E-state index >= 15 is 0 Å². The molecule has 0 fully saturated rings. The lowest BCUT2D eigenvalue weighted by Crippen LogP contribution is -2.21. The molecule has 1 aliphatic rings. The van der Waals surface area contributed by atoms with E-state index in [-0.39, 0.29) is 12.2 Å². The number of ether oxygens (including phenoxy) is 1. The fourth-order valence-corrected chi connectivity index (χ4v) is 2.89. The molecule has 0 heterocycles. The number of hydrogen-bond acceptors (Lipinski definition) is 2. The molecule has 2 aromatic carbocycles. The molecule has 0 amide bonds. The van der Waals surface area contributed by atoms with Crippen molar-refractivity contribution in [3.05, 3.63) is 83.9 Å². The minimum absolute atomic E-state index is 0.0809. The first kappa shape index (κ1) is 15.0. The van der Waals surface area contributed by atoms with Crippen LogP contribution in [0, 0.1) is 0 Å². The molecule has 3 atom stereocenters. The Morgan fingerprint density at radius 3 is 2.14 bits per heavy atom. The molecule has 2 nitrogen and oxygen atoms in total. The summed E-state index contributed by atoms with van der Waals surface area (Å²) in [4.78, 5) is 0. The largest absolute Gasteiger partial charge is 0.385 e. The van der Waals surface area contributed by atoms with Gasteiger partial charge >= 0.3 is 0 Å². The molecule has 0 radical (unpaired) electrons. The molecule has 0 saturated carbocycles. The third-order valence-corrected chi connectivity index (χ3v) is 4.09. The highest BCUT2D eigenvalue weighted by molar-refractivity contribution is 5.25. The Kier molecular flexibility index (Phi) is 5.04. The molecule has 1 aliphatic carbocycles. The molecule has 0 unspecified atom stereocenters. The minimum atomic E-state index is -0.668. The van der Waals surface area contributed by atoms with Gasteiger partial charge in [0.1, 0.15) is 12.2 Å². The molecule has 0 spiro atoms. The van der Waals surface area contributed by atoms with Crippen LogP contribution in [0.4, 0.5) is 0 Å². The first-order valence-electron chi connectivity index (χ1n) is 7.94. The van der Waals surface area contributed by atoms with Crippen molar-refractivity contribution in [1.82, 2.24) is 0 Å². The van der Waals surface area contributed by atoms with Crippen molar-refractivity contribution in [1.29, 1.82) is 0 Å². The van der Waals surface area contributed by atoms with Gasteiger partial charge in [-0.05, 0) is 30.4 Å². The lowest BCUT2D eigenvalue weighted by Gasteiger charge is -2.29. The number of rotatable bonds is 5. The number of aliphatic hydroxyl groups is 1. The van der Waals surface area contributed by atoms with Gasteiger partial charge in [0, 0.05) is 0 Å². The quantitative estimate of drug-likeness (QED) is 0.817. The van der Waals surface area contributed by atoms with Gasteiger partial charge in [0.15, 0.2) is 0 Å². The molecule has 0 aromatic heterocycles. The Labute approximate surface area is 132 Å². The van der Waals surface area contributed by atoms with Gasteiger partial charge in [-0.25, -0.2) is 0 Å². The van der Waals surface area contributed by atoms with Crippen LogP contribution in [0.3, 0.4) is 0 Å². The van der Waals surface area contributed by atoms with E-state index in [1.54, 1.807) is 0 Å². The fraction of sp³-hybridized carbons (Fsp3) is 0.300. The van der Waals surface area contributed by atoms with Gasteiger partial charge < -0.3 is 9.84 Å². The van der Waals surface area contributed by atoms with Crippen molar-refractivity contribution in [2.75, 3.05) is 0 Å². The van der Waals surface area contributed by atoms with Crippen LogP contribution in [0.25, 0.3) is 0 Å². The van der Waals surface area contributed by atoms with Crippen LogP contribution in [0.15, 0.2) is 72.8 Å². The third-order valence-electron chi connectivity index (χ3n) is 4.09. The van der Waals surface area contributed by atoms with Crippen molar-refractivity contribution in [3.63, 3.8) is 0 Å². The van der Waals surface area contributed by atoms with E-state index in [2.05, 4.69) is 12.2 Å². The van der Waals surface area contributed by atoms with Crippen molar-refractivity contribution < 1.29 is 9.84 Å². The Morgan fingerprint density at radius 2 is 1.55 bits per heavy atom. The monoisotopic (exact) mass is 294 g/mol. The second-order valence-corrected chi connectivity index (χ2v) is 5.72. The Balaban J connectivity index is 1.85. The lowest BCUT2D eigenvalue weighted by atomic mass is 9.97. The van der Waals surface area contributed by atoms with Gasteiger partial charge in [-0.2, -0.15) is 0 Å². The number of benzene rings is 2. The molecule has 0 aliphatic heterocycles. The molecule has 2 aromatic rings. The summed E-state index contributed by atoms with van der Waals surface area (Å²) in [5.74, 6) is 0. The summed E-state index contributed by atoms with van der Waals surface area (Å²) < 4.78 is 6.26. The zero-order chi connectivity index (χ0) is 15.2. The highest BCUT2D eigenvalue weighted by Crippen LogP contribution is 2.34. The van der Waals surface area contributed by atoms with Gasteiger partial charge in [-0.3, -0.25) is 0 Å². The predicted molar refractivity (Wildman–Crippen MR) is 88.4 cm³/mol. The van der Waals surface area contributed by atoms with Crippen molar-refractivity contribution >= 4 is 0 Å². The van der Waals surface area contributed by atoms with Crippen molar-refractivity contribution in [2.45, 2.75) is 37.6 Å². The molecule has 1 N–H and O–H groups in total. The van der Waals surface area contributed by atoms with E-state index in [0.717, 1.165) is 30.4 Å². The van der Waals surface area contributed by atoms with E-state index in [0.29, 0.717) is 0 Å². The maximum atomic E-state index is 10.8. The van der Waals surface area contributed by atoms with Gasteiger partial charge in [0.05, 0.1) is 6.10 Å². The second-order valence-electron chi connectivity index (χ2n) is 5.72. The first-order chi connectivity index (χ1) is 10.8. The van der Waals surface area contributed by atoms with Gasteiger partial charge in [-0.15, -0.1) is 0 Å². The standard InChI is InChI=1S/C20H22O2/c21-19(16-10-4-1-5-11-16)20(17-12-6-2-7-13-17)22-18-14-8-3-9-15-18/h1-2,4-8,10-14,18-21H,3,9,15H2/t18-,19-,20-/m0/s1. The van der Waals surface area contributed by atoms with E-state index in [9.17, 15) is 5.11 Å². The lowest BCUT2D eigenvalue weighted by molar-refractivity contribution is -0.0691. The van der Waals surface area contributed by atoms with Crippen LogP contribution in [-0.2, 0) is 4.74 Å². The molecule has 22 heavy (non-hydrogen) atoms. The van der Waals surface area contributed by atoms with Crippen LogP contribution in [0.1, 0.15) is 42.6 Å². The highest BCUT2D eigenvalue weighted by Gasteiger charge is 2.26. The van der Waals surface area contributed by atoms with Crippen LogP contribution in [0.2, 0.25) is 0 Å². The fourth-order valence-electron chi connectivity index (χ4n) is 2.89. The van der Waals surface area contributed by atoms with Gasteiger partial charge in [0.2, 0.25) is 0 Å². The van der Waals surface area contributed by atoms with Crippen LogP contribution >= 0.6 is 0 Å². The predicted octanol–water partition coefficient (Wildman–Crippen LogP) is 4.59. The number of hydrogen-bond donors (Lipinski definition) is 1.